The van der Waals surface area contributed by atoms with Crippen molar-refractivity contribution in [3.8, 4) is 0 Å². The smallest absolute Gasteiger partial charge is 0.481 e. The van der Waals surface area contributed by atoms with E-state index in [1.165, 1.54) is 6.07 Å². The number of hydrogen-bond acceptors (Lipinski definition) is 2. The maximum absolute atomic E-state index is 12.6. The van der Waals surface area contributed by atoms with Crippen LogP contribution in [-0.4, -0.2) is 20.9 Å². The predicted molar refractivity (Wildman–Crippen MR) is 49.1 cm³/mol. The Bertz CT molecular complexity index is 486. The highest BCUT2D eigenvalue weighted by molar-refractivity contribution is 5.80. The second-order valence-electron chi connectivity index (χ2n) is 4.99. The summed E-state index contributed by atoms with van der Waals surface area (Å²) in [6.07, 6.45) is -2.56. The van der Waals surface area contributed by atoms with Gasteiger partial charge >= 0.3 is 12.3 Å². The minimum absolute atomic E-state index is 0.0535. The fraction of sp³-hybridized carbons (Fsp3) is 0.600. The molecule has 2 bridgehead atoms. The maximum Gasteiger partial charge on any atom is 0.504 e. The molecule has 3 aliphatic carbocycles. The highest BCUT2D eigenvalue weighted by atomic mass is 19.4. The third kappa shape index (κ3) is 1.14. The van der Waals surface area contributed by atoms with E-state index in [2.05, 4.69) is 5.10 Å². The van der Waals surface area contributed by atoms with Crippen LogP contribution in [0.2, 0.25) is 0 Å². The molecule has 0 spiro atoms. The molecule has 92 valence electrons. The van der Waals surface area contributed by atoms with E-state index in [0.29, 0.717) is 0 Å². The van der Waals surface area contributed by atoms with Gasteiger partial charge in [-0.3, -0.25) is 4.79 Å². The summed E-state index contributed by atoms with van der Waals surface area (Å²) in [6, 6.07) is 1.33. The molecule has 0 aromatic carbocycles. The average molecular weight is 246 g/mol. The molecule has 17 heavy (non-hydrogen) atoms. The summed E-state index contributed by atoms with van der Waals surface area (Å²) in [5.41, 5.74) is -1.31. The Morgan fingerprint density at radius 2 is 2.00 bits per heavy atom. The van der Waals surface area contributed by atoms with Gasteiger partial charge in [-0.1, -0.05) is 0 Å². The van der Waals surface area contributed by atoms with Crippen LogP contribution >= 0.6 is 0 Å². The van der Waals surface area contributed by atoms with Gasteiger partial charge in [0.25, 0.3) is 0 Å². The predicted octanol–water partition coefficient (Wildman–Crippen LogP) is 1.87. The molecule has 0 unspecified atom stereocenters. The number of aliphatic carboxylic acids is 1. The summed E-state index contributed by atoms with van der Waals surface area (Å²) in [7, 11) is 0. The van der Waals surface area contributed by atoms with Crippen LogP contribution < -0.4 is 0 Å². The number of rotatable bonds is 2. The highest BCUT2D eigenvalue weighted by Gasteiger charge is 2.73. The van der Waals surface area contributed by atoms with E-state index in [1.807, 2.05) is 0 Å². The van der Waals surface area contributed by atoms with Crippen LogP contribution in [0.1, 0.15) is 25.0 Å². The molecule has 1 heterocycles. The zero-order chi connectivity index (χ0) is 12.5. The Morgan fingerprint density at radius 3 is 2.47 bits per heavy atom. The van der Waals surface area contributed by atoms with Gasteiger partial charge in [-0.25, -0.2) is 0 Å². The van der Waals surface area contributed by atoms with Gasteiger partial charge in [-0.2, -0.15) is 9.78 Å². The molecule has 0 radical (unpaired) electrons. The van der Waals surface area contributed by atoms with Gasteiger partial charge in [0.2, 0.25) is 0 Å². The van der Waals surface area contributed by atoms with Gasteiger partial charge in [0.05, 0.1) is 11.1 Å². The molecule has 1 aromatic heterocycles. The van der Waals surface area contributed by atoms with E-state index >= 15 is 0 Å². The monoisotopic (exact) mass is 246 g/mol. The SMILES string of the molecule is O=C(O)C12CC(c3ccnn3C(F)(F)F)(C1)C2. The van der Waals surface area contributed by atoms with E-state index in [9.17, 15) is 18.0 Å². The van der Waals surface area contributed by atoms with E-state index in [4.69, 9.17) is 5.11 Å². The maximum atomic E-state index is 12.6. The lowest BCUT2D eigenvalue weighted by Crippen LogP contribution is -2.68. The third-order valence-electron chi connectivity index (χ3n) is 3.91. The van der Waals surface area contributed by atoms with Crippen LogP contribution in [0.25, 0.3) is 0 Å². The minimum atomic E-state index is -4.54. The molecular weight excluding hydrogens is 237 g/mol. The van der Waals surface area contributed by atoms with Crippen LogP contribution in [-0.2, 0) is 16.5 Å². The van der Waals surface area contributed by atoms with Gasteiger partial charge in [-0.05, 0) is 25.3 Å². The number of carbonyl (C=O) groups is 1. The Morgan fingerprint density at radius 1 is 1.41 bits per heavy atom. The molecule has 4 rings (SSSR count). The summed E-state index contributed by atoms with van der Waals surface area (Å²) < 4.78 is 37.9. The van der Waals surface area contributed by atoms with Crippen molar-refractivity contribution in [1.29, 1.82) is 0 Å². The highest BCUT2D eigenvalue weighted by Crippen LogP contribution is 2.73. The quantitative estimate of drug-likeness (QED) is 0.866. The van der Waals surface area contributed by atoms with Crippen LogP contribution in [0.4, 0.5) is 13.2 Å². The molecule has 0 aliphatic heterocycles. The van der Waals surface area contributed by atoms with Crippen LogP contribution in [0.5, 0.6) is 0 Å². The molecule has 1 aromatic rings. The van der Waals surface area contributed by atoms with Gasteiger partial charge < -0.3 is 5.11 Å². The summed E-state index contributed by atoms with van der Waals surface area (Å²) >= 11 is 0. The number of carboxylic acids is 1. The zero-order valence-electron chi connectivity index (χ0n) is 8.66. The summed E-state index contributed by atoms with van der Waals surface area (Å²) in [6.45, 7) is 0. The summed E-state index contributed by atoms with van der Waals surface area (Å²) in [5, 5.41) is 12.2. The van der Waals surface area contributed by atoms with Gasteiger partial charge in [0.15, 0.2) is 0 Å². The van der Waals surface area contributed by atoms with E-state index in [-0.39, 0.29) is 29.6 Å². The first-order valence-corrected chi connectivity index (χ1v) is 5.14. The second-order valence-corrected chi connectivity index (χ2v) is 4.99. The molecule has 3 saturated carbocycles. The Labute approximate surface area is 94.0 Å². The summed E-state index contributed by atoms with van der Waals surface area (Å²) in [5.74, 6) is -0.905. The van der Waals surface area contributed by atoms with Gasteiger partial charge in [-0.15, -0.1) is 13.2 Å². The number of carboxylic acid groups (broad SMARTS) is 1. The largest absolute Gasteiger partial charge is 0.504 e. The van der Waals surface area contributed by atoms with Crippen LogP contribution in [0.15, 0.2) is 12.3 Å². The lowest BCUT2D eigenvalue weighted by atomic mass is 9.34. The van der Waals surface area contributed by atoms with Crippen LogP contribution in [0.3, 0.4) is 0 Å². The van der Waals surface area contributed by atoms with Crippen molar-refractivity contribution >= 4 is 5.97 Å². The third-order valence-corrected chi connectivity index (χ3v) is 3.91. The number of aromatic nitrogens is 2. The Hall–Kier alpha value is -1.53. The average Bonchev–Trinajstić information content (AvgIpc) is 2.44. The normalized spacial score (nSPS) is 35.0. The molecule has 0 saturated heterocycles. The van der Waals surface area contributed by atoms with Crippen molar-refractivity contribution in [2.45, 2.75) is 31.0 Å². The topological polar surface area (TPSA) is 55.1 Å². The number of nitrogens with zero attached hydrogens (tertiary/aromatic N) is 2. The summed E-state index contributed by atoms with van der Waals surface area (Å²) in [4.78, 5) is 10.9. The molecule has 3 aliphatic rings. The Balaban J connectivity index is 1.90. The standard InChI is InChI=1S/C10H9F3N2O2/c11-10(12,13)15-6(1-2-14-15)8-3-9(4-8,5-8)7(16)17/h1-2H,3-5H2,(H,16,17). The van der Waals surface area contributed by atoms with Crippen LogP contribution in [0, 0.1) is 5.41 Å². The van der Waals surface area contributed by atoms with Crippen molar-refractivity contribution in [2.75, 3.05) is 0 Å². The fourth-order valence-corrected chi connectivity index (χ4v) is 3.19. The first-order chi connectivity index (χ1) is 7.79. The van der Waals surface area contributed by atoms with E-state index in [1.54, 1.807) is 0 Å². The lowest BCUT2D eigenvalue weighted by Gasteiger charge is -2.67. The van der Waals surface area contributed by atoms with Crippen molar-refractivity contribution in [3.63, 3.8) is 0 Å². The molecular formula is C10H9F3N2O2. The molecule has 1 N–H and O–H groups in total. The first kappa shape index (κ1) is 10.6. The molecule has 3 fully saturated rings. The van der Waals surface area contributed by atoms with Crippen molar-refractivity contribution in [3.05, 3.63) is 18.0 Å². The lowest BCUT2D eigenvalue weighted by molar-refractivity contribution is -0.226. The molecule has 0 amide bonds. The van der Waals surface area contributed by atoms with Crippen molar-refractivity contribution < 1.29 is 23.1 Å². The first-order valence-electron chi connectivity index (χ1n) is 5.14. The van der Waals surface area contributed by atoms with E-state index in [0.717, 1.165) is 6.20 Å². The van der Waals surface area contributed by atoms with Gasteiger partial charge in [0.1, 0.15) is 0 Å². The Kier molecular flexibility index (Phi) is 1.66. The fourth-order valence-electron chi connectivity index (χ4n) is 3.19. The second kappa shape index (κ2) is 2.65. The zero-order valence-corrected chi connectivity index (χ0v) is 8.66. The molecule has 0 atom stereocenters. The van der Waals surface area contributed by atoms with Crippen molar-refractivity contribution in [2.24, 2.45) is 5.41 Å². The number of alkyl halides is 3. The van der Waals surface area contributed by atoms with Gasteiger partial charge in [0, 0.05) is 11.6 Å². The molecule has 4 nitrogen and oxygen atoms in total. The van der Waals surface area contributed by atoms with Crippen molar-refractivity contribution in [1.82, 2.24) is 9.78 Å². The number of halogens is 3. The number of hydrogen-bond donors (Lipinski definition) is 1. The molecule has 7 heteroatoms. The van der Waals surface area contributed by atoms with E-state index < -0.39 is 23.1 Å². The minimum Gasteiger partial charge on any atom is -0.481 e.